The van der Waals surface area contributed by atoms with Crippen molar-refractivity contribution in [2.75, 3.05) is 0 Å². The van der Waals surface area contributed by atoms with Crippen LogP contribution in [0.1, 0.15) is 26.7 Å². The number of hydrogen-bond donors (Lipinski definition) is 3. The molecule has 5 nitrogen and oxygen atoms in total. The molecule has 76 valence electrons. The third kappa shape index (κ3) is 4.59. The Hall–Kier alpha value is -0.940. The van der Waals surface area contributed by atoms with Crippen LogP contribution in [-0.2, 0) is 9.59 Å². The van der Waals surface area contributed by atoms with E-state index in [2.05, 4.69) is 0 Å². The van der Waals surface area contributed by atoms with E-state index < -0.39 is 11.9 Å². The number of rotatable bonds is 5. The minimum Gasteiger partial charge on any atom is -0.321 e. The molecule has 0 aromatic heterocycles. The topological polar surface area (TPSA) is 92.4 Å². The molecule has 0 unspecified atom stereocenters. The highest BCUT2D eigenvalue weighted by Gasteiger charge is 2.17. The van der Waals surface area contributed by atoms with E-state index in [9.17, 15) is 9.59 Å². The minimum absolute atomic E-state index is 0.0641. The summed E-state index contributed by atoms with van der Waals surface area (Å²) in [5.41, 5.74) is 6.99. The Labute approximate surface area is 77.3 Å². The van der Waals surface area contributed by atoms with Crippen molar-refractivity contribution in [3.05, 3.63) is 0 Å². The lowest BCUT2D eigenvalue weighted by molar-refractivity contribution is -0.129. The van der Waals surface area contributed by atoms with Crippen LogP contribution in [0.5, 0.6) is 0 Å². The lowest BCUT2D eigenvalue weighted by Crippen LogP contribution is -2.35. The van der Waals surface area contributed by atoms with E-state index in [1.807, 2.05) is 0 Å². The van der Waals surface area contributed by atoms with Crippen LogP contribution in [0.3, 0.4) is 0 Å². The summed E-state index contributed by atoms with van der Waals surface area (Å²) < 4.78 is 0. The molecular formula is C8H16N2O3. The third-order valence-electron chi connectivity index (χ3n) is 1.74. The van der Waals surface area contributed by atoms with E-state index in [-0.39, 0.29) is 24.5 Å². The first kappa shape index (κ1) is 12.1. The Kier molecular flexibility index (Phi) is 5.25. The molecule has 0 aliphatic carbocycles. The molecule has 0 saturated heterocycles. The van der Waals surface area contributed by atoms with Gasteiger partial charge in [0.1, 0.15) is 0 Å². The van der Waals surface area contributed by atoms with Gasteiger partial charge in [-0.3, -0.25) is 14.8 Å². The molecule has 0 rings (SSSR count). The summed E-state index contributed by atoms with van der Waals surface area (Å²) in [4.78, 5) is 21.8. The van der Waals surface area contributed by atoms with Gasteiger partial charge in [0.05, 0.1) is 6.04 Å². The van der Waals surface area contributed by atoms with E-state index >= 15 is 0 Å². The average Bonchev–Trinajstić information content (AvgIpc) is 2.11. The van der Waals surface area contributed by atoms with E-state index in [0.29, 0.717) is 0 Å². The molecule has 1 atom stereocenters. The summed E-state index contributed by atoms with van der Waals surface area (Å²) in [6.07, 6.45) is 0.333. The molecule has 0 spiro atoms. The molecule has 0 aliphatic rings. The van der Waals surface area contributed by atoms with Gasteiger partial charge in [0.15, 0.2) is 5.78 Å². The molecule has 13 heavy (non-hydrogen) atoms. The smallest absolute Gasteiger partial charge is 0.243 e. The largest absolute Gasteiger partial charge is 0.321 e. The Morgan fingerprint density at radius 3 is 2.38 bits per heavy atom. The predicted octanol–water partition coefficient (Wildman–Crippen LogP) is -0.176. The molecule has 0 radical (unpaired) electrons. The van der Waals surface area contributed by atoms with Gasteiger partial charge in [0.25, 0.3) is 0 Å². The van der Waals surface area contributed by atoms with Crippen LogP contribution < -0.4 is 11.2 Å². The zero-order chi connectivity index (χ0) is 10.4. The molecule has 0 heterocycles. The highest BCUT2D eigenvalue weighted by Crippen LogP contribution is 2.03. The van der Waals surface area contributed by atoms with E-state index in [0.717, 1.165) is 0 Å². The fraction of sp³-hybridized carbons (Fsp3) is 0.750. The van der Waals surface area contributed by atoms with Gasteiger partial charge in [0, 0.05) is 12.3 Å². The summed E-state index contributed by atoms with van der Waals surface area (Å²) in [7, 11) is 0. The van der Waals surface area contributed by atoms with Crippen molar-refractivity contribution < 1.29 is 14.8 Å². The first-order chi connectivity index (χ1) is 5.99. The maximum atomic E-state index is 11.2. The Balaban J connectivity index is 3.81. The Morgan fingerprint density at radius 1 is 1.46 bits per heavy atom. The van der Waals surface area contributed by atoms with Crippen molar-refractivity contribution in [3.8, 4) is 0 Å². The number of carbonyl (C=O) groups excluding carboxylic acids is 2. The SMILES string of the molecule is CC(C)C(=O)[C@H](N)CCC(=O)NO. The zero-order valence-electron chi connectivity index (χ0n) is 7.91. The first-order valence-electron chi connectivity index (χ1n) is 4.21. The number of nitrogens with two attached hydrogens (primary N) is 1. The van der Waals surface area contributed by atoms with Crippen molar-refractivity contribution in [2.45, 2.75) is 32.7 Å². The van der Waals surface area contributed by atoms with Gasteiger partial charge in [-0.1, -0.05) is 13.8 Å². The predicted molar refractivity (Wildman–Crippen MR) is 47.0 cm³/mol. The van der Waals surface area contributed by atoms with Crippen molar-refractivity contribution in [1.82, 2.24) is 5.48 Å². The Morgan fingerprint density at radius 2 is 2.00 bits per heavy atom. The van der Waals surface area contributed by atoms with E-state index in [1.54, 1.807) is 13.8 Å². The van der Waals surface area contributed by atoms with Gasteiger partial charge in [-0.15, -0.1) is 0 Å². The van der Waals surface area contributed by atoms with Crippen LogP contribution >= 0.6 is 0 Å². The van der Waals surface area contributed by atoms with Crippen molar-refractivity contribution in [1.29, 1.82) is 0 Å². The van der Waals surface area contributed by atoms with Crippen molar-refractivity contribution in [3.63, 3.8) is 0 Å². The lowest BCUT2D eigenvalue weighted by atomic mass is 9.99. The molecule has 0 bridgehead atoms. The molecule has 0 fully saturated rings. The van der Waals surface area contributed by atoms with Crippen LogP contribution in [0, 0.1) is 5.92 Å². The molecular weight excluding hydrogens is 172 g/mol. The van der Waals surface area contributed by atoms with Crippen molar-refractivity contribution >= 4 is 11.7 Å². The molecule has 0 aromatic rings. The van der Waals surface area contributed by atoms with E-state index in [1.165, 1.54) is 5.48 Å². The van der Waals surface area contributed by atoms with Crippen LogP contribution in [0.2, 0.25) is 0 Å². The monoisotopic (exact) mass is 188 g/mol. The van der Waals surface area contributed by atoms with Gasteiger partial charge in [0.2, 0.25) is 5.91 Å². The lowest BCUT2D eigenvalue weighted by Gasteiger charge is -2.11. The molecule has 0 aliphatic heterocycles. The third-order valence-corrected chi connectivity index (χ3v) is 1.74. The summed E-state index contributed by atoms with van der Waals surface area (Å²) in [5.74, 6) is -0.704. The fourth-order valence-electron chi connectivity index (χ4n) is 0.913. The second-order valence-electron chi connectivity index (χ2n) is 3.24. The van der Waals surface area contributed by atoms with Crippen molar-refractivity contribution in [2.24, 2.45) is 11.7 Å². The maximum absolute atomic E-state index is 11.2. The summed E-state index contributed by atoms with van der Waals surface area (Å²) in [6, 6.07) is -0.614. The normalized spacial score (nSPS) is 12.7. The van der Waals surface area contributed by atoms with Gasteiger partial charge in [-0.2, -0.15) is 0 Å². The molecule has 1 amide bonds. The molecule has 5 heteroatoms. The van der Waals surface area contributed by atoms with Crippen LogP contribution in [0.4, 0.5) is 0 Å². The van der Waals surface area contributed by atoms with Gasteiger partial charge >= 0.3 is 0 Å². The number of hydrogen-bond acceptors (Lipinski definition) is 4. The number of ketones is 1. The number of hydroxylamine groups is 1. The highest BCUT2D eigenvalue weighted by atomic mass is 16.5. The molecule has 0 aromatic carbocycles. The van der Waals surface area contributed by atoms with Crippen LogP contribution in [0.15, 0.2) is 0 Å². The maximum Gasteiger partial charge on any atom is 0.243 e. The van der Waals surface area contributed by atoms with Gasteiger partial charge in [-0.05, 0) is 6.42 Å². The fourth-order valence-corrected chi connectivity index (χ4v) is 0.913. The summed E-state index contributed by atoms with van der Waals surface area (Å²) in [6.45, 7) is 3.52. The number of carbonyl (C=O) groups is 2. The zero-order valence-corrected chi connectivity index (χ0v) is 7.91. The van der Waals surface area contributed by atoms with Gasteiger partial charge < -0.3 is 5.73 Å². The first-order valence-corrected chi connectivity index (χ1v) is 4.21. The number of Topliss-reactive ketones (excluding diaryl/α,β-unsaturated/α-hetero) is 1. The average molecular weight is 188 g/mol. The molecule has 4 N–H and O–H groups in total. The quantitative estimate of drug-likeness (QED) is 0.412. The standard InChI is InChI=1S/C8H16N2O3/c1-5(2)8(12)6(9)3-4-7(11)10-13/h5-6,13H,3-4,9H2,1-2H3,(H,10,11)/t6-/m1/s1. The Bertz CT molecular complexity index is 192. The second-order valence-corrected chi connectivity index (χ2v) is 3.24. The minimum atomic E-state index is -0.614. The highest BCUT2D eigenvalue weighted by molar-refractivity contribution is 5.86. The summed E-state index contributed by atoms with van der Waals surface area (Å²) in [5, 5.41) is 8.17. The molecule has 0 saturated carbocycles. The van der Waals surface area contributed by atoms with Crippen LogP contribution in [-0.4, -0.2) is 22.9 Å². The van der Waals surface area contributed by atoms with E-state index in [4.69, 9.17) is 10.9 Å². The summed E-state index contributed by atoms with van der Waals surface area (Å²) >= 11 is 0. The number of nitrogens with one attached hydrogen (secondary N) is 1. The van der Waals surface area contributed by atoms with Gasteiger partial charge in [-0.25, -0.2) is 5.48 Å². The number of amides is 1. The van der Waals surface area contributed by atoms with Crippen LogP contribution in [0.25, 0.3) is 0 Å². The second kappa shape index (κ2) is 5.66.